The summed E-state index contributed by atoms with van der Waals surface area (Å²) in [5, 5.41) is 13.8. The first-order valence-electron chi connectivity index (χ1n) is 8.82. The largest absolute Gasteiger partial charge is 0.324 e. The fraction of sp³-hybridized carbons (Fsp3) is 0.150. The van der Waals surface area contributed by atoms with Crippen molar-refractivity contribution in [2.45, 2.75) is 20.4 Å². The van der Waals surface area contributed by atoms with Crippen LogP contribution in [0.5, 0.6) is 0 Å². The molecule has 3 aromatic rings. The summed E-state index contributed by atoms with van der Waals surface area (Å²) in [5.41, 5.74) is 1.92. The lowest BCUT2D eigenvalue weighted by molar-refractivity contribution is -0.117. The Kier molecular flexibility index (Phi) is 6.49. The van der Waals surface area contributed by atoms with Crippen LogP contribution in [0, 0.1) is 6.92 Å². The molecule has 0 fully saturated rings. The molecule has 0 aliphatic rings. The van der Waals surface area contributed by atoms with Gasteiger partial charge in [-0.25, -0.2) is 4.68 Å². The van der Waals surface area contributed by atoms with Crippen LogP contribution >= 0.6 is 23.2 Å². The molecule has 154 valence electrons. The molecule has 1 heterocycles. The first kappa shape index (κ1) is 21.5. The maximum Gasteiger partial charge on any atom is 0.278 e. The molecular formula is C20H17Cl2N5O3. The van der Waals surface area contributed by atoms with Crippen LogP contribution < -0.4 is 10.6 Å². The van der Waals surface area contributed by atoms with Crippen molar-refractivity contribution in [3.8, 4) is 0 Å². The first-order chi connectivity index (χ1) is 14.2. The van der Waals surface area contributed by atoms with Gasteiger partial charge in [-0.2, -0.15) is 0 Å². The number of nitrogens with zero attached hydrogens (tertiary/aromatic N) is 3. The number of hydrogen-bond donors (Lipinski definition) is 2. The second-order valence-electron chi connectivity index (χ2n) is 6.45. The quantitative estimate of drug-likeness (QED) is 0.557. The molecule has 8 nitrogen and oxygen atoms in total. The normalized spacial score (nSPS) is 10.5. The fourth-order valence-corrected chi connectivity index (χ4v) is 2.94. The van der Waals surface area contributed by atoms with Crippen LogP contribution in [0.25, 0.3) is 0 Å². The van der Waals surface area contributed by atoms with Gasteiger partial charge in [0.15, 0.2) is 11.5 Å². The van der Waals surface area contributed by atoms with E-state index in [0.717, 1.165) is 0 Å². The summed E-state index contributed by atoms with van der Waals surface area (Å²) >= 11 is 11.8. The van der Waals surface area contributed by atoms with Gasteiger partial charge in [-0.15, -0.1) is 5.10 Å². The maximum absolute atomic E-state index is 12.5. The topological polar surface area (TPSA) is 106 Å². The Bertz CT molecular complexity index is 1140. The summed E-state index contributed by atoms with van der Waals surface area (Å²) < 4.78 is 1.31. The highest BCUT2D eigenvalue weighted by molar-refractivity contribution is 6.42. The Labute approximate surface area is 182 Å². The second kappa shape index (κ2) is 9.06. The van der Waals surface area contributed by atoms with Gasteiger partial charge >= 0.3 is 0 Å². The molecule has 0 unspecified atom stereocenters. The van der Waals surface area contributed by atoms with Gasteiger partial charge in [-0.05, 0) is 44.2 Å². The van der Waals surface area contributed by atoms with Gasteiger partial charge in [0.1, 0.15) is 6.54 Å². The molecule has 0 radical (unpaired) electrons. The maximum atomic E-state index is 12.5. The van der Waals surface area contributed by atoms with E-state index in [4.69, 9.17) is 23.2 Å². The highest BCUT2D eigenvalue weighted by Crippen LogP contribution is 2.25. The molecular weight excluding hydrogens is 429 g/mol. The number of amides is 2. The van der Waals surface area contributed by atoms with Crippen molar-refractivity contribution in [2.75, 3.05) is 10.6 Å². The van der Waals surface area contributed by atoms with Crippen molar-refractivity contribution in [1.82, 2.24) is 15.0 Å². The average molecular weight is 446 g/mol. The molecule has 0 saturated heterocycles. The Hall–Kier alpha value is -3.23. The highest BCUT2D eigenvalue weighted by Gasteiger charge is 2.18. The van der Waals surface area contributed by atoms with Crippen LogP contribution in [0.3, 0.4) is 0 Å². The highest BCUT2D eigenvalue weighted by atomic mass is 35.5. The summed E-state index contributed by atoms with van der Waals surface area (Å²) in [6.45, 7) is 2.93. The number of carbonyl (C=O) groups excluding carboxylic acids is 3. The van der Waals surface area contributed by atoms with Gasteiger partial charge in [0.05, 0.1) is 15.7 Å². The van der Waals surface area contributed by atoms with Gasteiger partial charge in [0, 0.05) is 16.9 Å². The van der Waals surface area contributed by atoms with E-state index in [1.54, 1.807) is 43.3 Å². The van der Waals surface area contributed by atoms with E-state index in [9.17, 15) is 14.4 Å². The molecule has 0 aliphatic carbocycles. The third-order valence-corrected chi connectivity index (χ3v) is 4.96. The van der Waals surface area contributed by atoms with Crippen molar-refractivity contribution in [1.29, 1.82) is 0 Å². The molecule has 2 aromatic carbocycles. The number of rotatable bonds is 6. The van der Waals surface area contributed by atoms with E-state index in [1.165, 1.54) is 17.7 Å². The minimum absolute atomic E-state index is 0.0763. The summed E-state index contributed by atoms with van der Waals surface area (Å²) in [5.74, 6) is -0.970. The number of hydrogen-bond acceptors (Lipinski definition) is 5. The monoisotopic (exact) mass is 445 g/mol. The summed E-state index contributed by atoms with van der Waals surface area (Å²) in [4.78, 5) is 36.3. The van der Waals surface area contributed by atoms with Gasteiger partial charge in [-0.1, -0.05) is 40.5 Å². The second-order valence-corrected chi connectivity index (χ2v) is 7.26. The van der Waals surface area contributed by atoms with Gasteiger partial charge in [0.2, 0.25) is 5.91 Å². The number of ketones is 1. The third kappa shape index (κ3) is 5.03. The number of carbonyl (C=O) groups is 3. The molecule has 0 bridgehead atoms. The Morgan fingerprint density at radius 1 is 1.00 bits per heavy atom. The van der Waals surface area contributed by atoms with E-state index >= 15 is 0 Å². The molecule has 0 atom stereocenters. The number of Topliss-reactive ketones (excluding diaryl/α,β-unsaturated/α-hetero) is 1. The Balaban J connectivity index is 1.67. The molecule has 0 saturated carbocycles. The molecule has 0 aliphatic heterocycles. The fourth-order valence-electron chi connectivity index (χ4n) is 2.64. The molecule has 2 N–H and O–H groups in total. The van der Waals surface area contributed by atoms with Crippen LogP contribution in [0.2, 0.25) is 10.0 Å². The zero-order valence-electron chi connectivity index (χ0n) is 16.1. The van der Waals surface area contributed by atoms with Crippen molar-refractivity contribution in [3.05, 3.63) is 69.5 Å². The number of halogens is 2. The molecule has 2 amide bonds. The third-order valence-electron chi connectivity index (χ3n) is 4.22. The van der Waals surface area contributed by atoms with E-state index in [1.807, 2.05) is 0 Å². The lowest BCUT2D eigenvalue weighted by atomic mass is 10.1. The van der Waals surface area contributed by atoms with Crippen LogP contribution in [-0.4, -0.2) is 32.6 Å². The van der Waals surface area contributed by atoms with Crippen molar-refractivity contribution in [3.63, 3.8) is 0 Å². The average Bonchev–Trinajstić information content (AvgIpc) is 3.05. The number of benzene rings is 2. The minimum atomic E-state index is -0.494. The molecule has 10 heteroatoms. The summed E-state index contributed by atoms with van der Waals surface area (Å²) in [6.07, 6.45) is 0. The molecule has 30 heavy (non-hydrogen) atoms. The zero-order chi connectivity index (χ0) is 21.8. The predicted octanol–water partition coefficient (Wildman–Crippen LogP) is 3.99. The molecule has 0 spiro atoms. The number of nitrogens with one attached hydrogen (secondary N) is 2. The van der Waals surface area contributed by atoms with E-state index in [2.05, 4.69) is 20.9 Å². The SMILES string of the molecule is CC(=O)c1cccc(NC(=O)Cn2nnc(C(=O)Nc3ccc(Cl)c(Cl)c3)c2C)c1. The number of anilines is 2. The van der Waals surface area contributed by atoms with E-state index in [0.29, 0.717) is 32.7 Å². The van der Waals surface area contributed by atoms with E-state index < -0.39 is 5.91 Å². The minimum Gasteiger partial charge on any atom is -0.324 e. The summed E-state index contributed by atoms with van der Waals surface area (Å²) in [7, 11) is 0. The van der Waals surface area contributed by atoms with Crippen LogP contribution in [0.4, 0.5) is 11.4 Å². The van der Waals surface area contributed by atoms with Crippen LogP contribution in [0.15, 0.2) is 42.5 Å². The summed E-state index contributed by atoms with van der Waals surface area (Å²) in [6, 6.07) is 11.3. The first-order valence-corrected chi connectivity index (χ1v) is 9.57. The van der Waals surface area contributed by atoms with Crippen molar-refractivity contribution < 1.29 is 14.4 Å². The smallest absolute Gasteiger partial charge is 0.278 e. The van der Waals surface area contributed by atoms with Crippen molar-refractivity contribution in [2.24, 2.45) is 0 Å². The zero-order valence-corrected chi connectivity index (χ0v) is 17.6. The van der Waals surface area contributed by atoms with Crippen molar-refractivity contribution >= 4 is 52.2 Å². The Morgan fingerprint density at radius 2 is 1.73 bits per heavy atom. The van der Waals surface area contributed by atoms with Crippen LogP contribution in [0.1, 0.15) is 33.5 Å². The van der Waals surface area contributed by atoms with Gasteiger partial charge in [-0.3, -0.25) is 14.4 Å². The predicted molar refractivity (Wildman–Crippen MR) is 114 cm³/mol. The molecule has 3 rings (SSSR count). The van der Waals surface area contributed by atoms with Gasteiger partial charge < -0.3 is 10.6 Å². The Morgan fingerprint density at radius 3 is 2.43 bits per heavy atom. The van der Waals surface area contributed by atoms with E-state index in [-0.39, 0.29) is 23.9 Å². The standard InChI is InChI=1S/C20H17Cl2N5O3/c1-11-19(20(30)24-15-6-7-16(21)17(22)9-15)25-26-27(11)10-18(29)23-14-5-3-4-13(8-14)12(2)28/h3-9H,10H2,1-2H3,(H,23,29)(H,24,30). The number of aromatic nitrogens is 3. The van der Waals surface area contributed by atoms with Gasteiger partial charge in [0.25, 0.3) is 5.91 Å². The molecule has 1 aromatic heterocycles. The van der Waals surface area contributed by atoms with Crippen LogP contribution in [-0.2, 0) is 11.3 Å². The lowest BCUT2D eigenvalue weighted by Crippen LogP contribution is -2.21. The lowest BCUT2D eigenvalue weighted by Gasteiger charge is -2.08.